The van der Waals surface area contributed by atoms with Gasteiger partial charge in [-0.15, -0.1) is 0 Å². The summed E-state index contributed by atoms with van der Waals surface area (Å²) in [5.41, 5.74) is 1.71. The van der Waals surface area contributed by atoms with E-state index in [0.717, 1.165) is 10.9 Å². The van der Waals surface area contributed by atoms with Gasteiger partial charge in [0.1, 0.15) is 28.5 Å². The maximum Gasteiger partial charge on any atom is 0.255 e. The maximum absolute atomic E-state index is 13.2. The zero-order valence-electron chi connectivity index (χ0n) is 19.9. The van der Waals surface area contributed by atoms with Crippen LogP contribution in [0, 0.1) is 0 Å². The van der Waals surface area contributed by atoms with Crippen LogP contribution < -0.4 is 21.2 Å². The lowest BCUT2D eigenvalue weighted by molar-refractivity contribution is 0.0970. The van der Waals surface area contributed by atoms with Gasteiger partial charge in [-0.2, -0.15) is 0 Å². The van der Waals surface area contributed by atoms with Gasteiger partial charge in [0.2, 0.25) is 0 Å². The minimum absolute atomic E-state index is 0.128. The zero-order valence-corrected chi connectivity index (χ0v) is 20.8. The predicted molar refractivity (Wildman–Crippen MR) is 153 cm³/mol. The predicted octanol–water partition coefficient (Wildman–Crippen LogP) is 6.41. The third-order valence-electron chi connectivity index (χ3n) is 6.24. The highest BCUT2D eigenvalue weighted by Gasteiger charge is 2.50. The molecule has 0 saturated carbocycles. The molecule has 0 spiro atoms. The molecule has 0 aliphatic heterocycles. The number of amides is 1. The van der Waals surface area contributed by atoms with Gasteiger partial charge in [-0.1, -0.05) is 103 Å². The quantitative estimate of drug-likeness (QED) is 0.266. The molecule has 3 heteroatoms. The van der Waals surface area contributed by atoms with Crippen LogP contribution in [0.15, 0.2) is 158 Å². The van der Waals surface area contributed by atoms with Gasteiger partial charge in [0.05, 0.1) is 0 Å². The molecule has 0 saturated heterocycles. The summed E-state index contributed by atoms with van der Waals surface area (Å²) >= 11 is 0. The molecule has 174 valence electrons. The van der Waals surface area contributed by atoms with Gasteiger partial charge in [0.25, 0.3) is 5.91 Å². The molecule has 0 aliphatic rings. The van der Waals surface area contributed by atoms with E-state index in [4.69, 9.17) is 0 Å². The van der Waals surface area contributed by atoms with E-state index in [1.165, 1.54) is 15.9 Å². The molecular formula is C33H27NOP+. The van der Waals surface area contributed by atoms with Crippen LogP contribution >= 0.6 is 7.26 Å². The fourth-order valence-corrected chi connectivity index (χ4v) is 8.99. The Labute approximate surface area is 213 Å². The first-order valence-corrected chi connectivity index (χ1v) is 13.8. The van der Waals surface area contributed by atoms with Crippen LogP contribution in [0.2, 0.25) is 0 Å². The summed E-state index contributed by atoms with van der Waals surface area (Å²) < 4.78 is 0. The van der Waals surface area contributed by atoms with Gasteiger partial charge in [-0.05, 0) is 48.5 Å². The lowest BCUT2D eigenvalue weighted by atomic mass is 10.2. The molecule has 5 rings (SSSR count). The maximum atomic E-state index is 13.2. The van der Waals surface area contributed by atoms with Crippen molar-refractivity contribution in [3.05, 3.63) is 169 Å². The topological polar surface area (TPSA) is 29.1 Å². The van der Waals surface area contributed by atoms with Gasteiger partial charge in [0.15, 0.2) is 0 Å². The summed E-state index contributed by atoms with van der Waals surface area (Å²) in [6.07, 6.45) is 1.94. The average Bonchev–Trinajstić information content (AvgIpc) is 2.97. The van der Waals surface area contributed by atoms with E-state index in [9.17, 15) is 4.79 Å². The van der Waals surface area contributed by atoms with Crippen LogP contribution in [0.5, 0.6) is 0 Å². The zero-order chi connectivity index (χ0) is 24.6. The van der Waals surface area contributed by atoms with Crippen molar-refractivity contribution >= 4 is 34.4 Å². The highest BCUT2D eigenvalue weighted by molar-refractivity contribution is 8.03. The smallest absolute Gasteiger partial charge is 0.255 e. The fourth-order valence-electron chi connectivity index (χ4n) is 4.61. The Morgan fingerprint density at radius 1 is 0.472 bits per heavy atom. The van der Waals surface area contributed by atoms with E-state index in [1.54, 1.807) is 0 Å². The van der Waals surface area contributed by atoms with Crippen molar-refractivity contribution in [3.63, 3.8) is 0 Å². The summed E-state index contributed by atoms with van der Waals surface area (Å²) in [7, 11) is -2.39. The molecule has 0 radical (unpaired) electrons. The molecule has 5 aromatic rings. The molecule has 0 bridgehead atoms. The standard InChI is InChI=1S/C33H26NOP/c35-33(28-18-8-2-9-19-28)34-26-32(27-16-6-1-7-17-27)36(29-20-10-3-11-21-29,30-22-12-4-13-23-30)31-24-14-5-15-25-31/h1-26H/p+1. The van der Waals surface area contributed by atoms with Gasteiger partial charge in [-0.25, -0.2) is 0 Å². The number of hydrogen-bond donors (Lipinski definition) is 1. The first-order valence-electron chi connectivity index (χ1n) is 12.0. The third-order valence-corrected chi connectivity index (χ3v) is 10.6. The van der Waals surface area contributed by atoms with Crippen molar-refractivity contribution in [1.82, 2.24) is 5.32 Å². The largest absolute Gasteiger partial charge is 0.325 e. The summed E-state index contributed by atoms with van der Waals surface area (Å²) in [6, 6.07) is 51.8. The summed E-state index contributed by atoms with van der Waals surface area (Å²) in [5, 5.41) is 7.92. The van der Waals surface area contributed by atoms with Crippen molar-refractivity contribution in [3.8, 4) is 0 Å². The first-order chi connectivity index (χ1) is 17.8. The second-order valence-corrected chi connectivity index (χ2v) is 11.8. The Hall–Kier alpha value is -4.26. The lowest BCUT2D eigenvalue weighted by Gasteiger charge is -2.29. The van der Waals surface area contributed by atoms with E-state index < -0.39 is 7.26 Å². The summed E-state index contributed by atoms with van der Waals surface area (Å²) in [5.74, 6) is -0.128. The van der Waals surface area contributed by atoms with Crippen molar-refractivity contribution in [2.75, 3.05) is 0 Å². The molecule has 0 aromatic heterocycles. The van der Waals surface area contributed by atoms with Gasteiger partial charge >= 0.3 is 0 Å². The van der Waals surface area contributed by atoms with Gasteiger partial charge in [-0.3, -0.25) is 4.79 Å². The van der Waals surface area contributed by atoms with Crippen LogP contribution in [0.1, 0.15) is 15.9 Å². The van der Waals surface area contributed by atoms with Crippen molar-refractivity contribution in [2.24, 2.45) is 0 Å². The van der Waals surface area contributed by atoms with Crippen LogP contribution in [0.25, 0.3) is 5.31 Å². The fraction of sp³-hybridized carbons (Fsp3) is 0. The SMILES string of the molecule is O=C(NC=C(c1ccccc1)[P+](c1ccccc1)(c1ccccc1)c1ccccc1)c1ccccc1. The Morgan fingerprint density at radius 3 is 1.19 bits per heavy atom. The van der Waals surface area contributed by atoms with Crippen molar-refractivity contribution in [2.45, 2.75) is 0 Å². The molecule has 0 atom stereocenters. The Balaban J connectivity index is 1.81. The second-order valence-electron chi connectivity index (χ2n) is 8.41. The summed E-state index contributed by atoms with van der Waals surface area (Å²) in [4.78, 5) is 13.2. The van der Waals surface area contributed by atoms with Crippen LogP contribution in [-0.4, -0.2) is 5.91 Å². The lowest BCUT2D eigenvalue weighted by Crippen LogP contribution is -2.33. The van der Waals surface area contributed by atoms with Crippen molar-refractivity contribution < 1.29 is 4.79 Å². The minimum atomic E-state index is -2.39. The molecule has 1 N–H and O–H groups in total. The number of carbonyl (C=O) groups excluding carboxylic acids is 1. The van der Waals surface area contributed by atoms with Crippen molar-refractivity contribution in [1.29, 1.82) is 0 Å². The van der Waals surface area contributed by atoms with Crippen LogP contribution in [0.3, 0.4) is 0 Å². The molecular weight excluding hydrogens is 457 g/mol. The normalized spacial score (nSPS) is 11.6. The molecule has 0 heterocycles. The molecule has 5 aromatic carbocycles. The van der Waals surface area contributed by atoms with Gasteiger partial charge in [0, 0.05) is 17.3 Å². The highest BCUT2D eigenvalue weighted by atomic mass is 31.2. The Kier molecular flexibility index (Phi) is 7.17. The van der Waals surface area contributed by atoms with Crippen LogP contribution in [-0.2, 0) is 0 Å². The van der Waals surface area contributed by atoms with E-state index >= 15 is 0 Å². The first kappa shape index (κ1) is 23.5. The van der Waals surface area contributed by atoms with E-state index in [2.05, 4.69) is 121 Å². The number of nitrogens with one attached hydrogen (secondary N) is 1. The second kappa shape index (κ2) is 11.0. The number of benzene rings is 5. The number of rotatable bonds is 7. The molecule has 2 nitrogen and oxygen atoms in total. The summed E-state index contributed by atoms with van der Waals surface area (Å²) in [6.45, 7) is 0. The average molecular weight is 485 g/mol. The minimum Gasteiger partial charge on any atom is -0.325 e. The van der Waals surface area contributed by atoms with E-state index in [0.29, 0.717) is 5.56 Å². The molecule has 1 amide bonds. The monoisotopic (exact) mass is 484 g/mol. The molecule has 0 aliphatic carbocycles. The molecule has 36 heavy (non-hydrogen) atoms. The molecule has 0 fully saturated rings. The number of carbonyl (C=O) groups is 1. The number of hydrogen-bond acceptors (Lipinski definition) is 1. The highest BCUT2D eigenvalue weighted by Crippen LogP contribution is 2.66. The molecule has 0 unspecified atom stereocenters. The Morgan fingerprint density at radius 2 is 0.806 bits per heavy atom. The third kappa shape index (κ3) is 4.64. The van der Waals surface area contributed by atoms with Crippen LogP contribution in [0.4, 0.5) is 0 Å². The van der Waals surface area contributed by atoms with Gasteiger partial charge < -0.3 is 5.32 Å². The van der Waals surface area contributed by atoms with E-state index in [1.807, 2.05) is 42.6 Å². The van der Waals surface area contributed by atoms with E-state index in [-0.39, 0.29) is 5.91 Å². The Bertz CT molecular complexity index is 1340.